The molecule has 3 nitrogen and oxygen atoms in total. The van der Waals surface area contributed by atoms with Gasteiger partial charge in [-0.2, -0.15) is 0 Å². The first-order valence-corrected chi connectivity index (χ1v) is 6.17. The van der Waals surface area contributed by atoms with Crippen LogP contribution >= 0.6 is 0 Å². The van der Waals surface area contributed by atoms with E-state index in [9.17, 15) is 4.79 Å². The fraction of sp³-hybridized carbons (Fsp3) is 0.500. The van der Waals surface area contributed by atoms with Gasteiger partial charge in [0, 0.05) is 0 Å². The topological polar surface area (TPSA) is 55.1 Å². The third kappa shape index (κ3) is 3.86. The highest BCUT2D eigenvalue weighted by Crippen LogP contribution is 2.16. The maximum absolute atomic E-state index is 11.9. The molecule has 0 saturated carbocycles. The van der Waals surface area contributed by atoms with Gasteiger partial charge in [-0.25, -0.2) is 0 Å². The van der Waals surface area contributed by atoms with E-state index < -0.39 is 6.04 Å². The number of nitrogens with two attached hydrogens (primary N) is 1. The van der Waals surface area contributed by atoms with E-state index in [4.69, 9.17) is 5.73 Å². The Morgan fingerprint density at radius 3 is 2.35 bits per heavy atom. The lowest BCUT2D eigenvalue weighted by Gasteiger charge is -2.21. The van der Waals surface area contributed by atoms with Crippen molar-refractivity contribution in [3.63, 3.8) is 0 Å². The first-order valence-electron chi connectivity index (χ1n) is 6.17. The quantitative estimate of drug-likeness (QED) is 0.821. The Morgan fingerprint density at radius 1 is 1.29 bits per heavy atom. The van der Waals surface area contributed by atoms with Crippen LogP contribution in [0.15, 0.2) is 30.3 Å². The van der Waals surface area contributed by atoms with Crippen LogP contribution < -0.4 is 11.1 Å². The molecular formula is C14H22N2O. The molecule has 0 heterocycles. The van der Waals surface area contributed by atoms with Crippen molar-refractivity contribution in [2.24, 2.45) is 11.7 Å². The average molecular weight is 234 g/mol. The van der Waals surface area contributed by atoms with E-state index in [1.807, 2.05) is 44.2 Å². The van der Waals surface area contributed by atoms with Crippen molar-refractivity contribution < 1.29 is 4.79 Å². The first kappa shape index (κ1) is 13.7. The molecule has 0 aromatic heterocycles. The van der Waals surface area contributed by atoms with Gasteiger partial charge in [0.2, 0.25) is 5.91 Å². The zero-order valence-electron chi connectivity index (χ0n) is 10.8. The molecule has 17 heavy (non-hydrogen) atoms. The van der Waals surface area contributed by atoms with E-state index in [0.29, 0.717) is 0 Å². The van der Waals surface area contributed by atoms with Crippen molar-refractivity contribution in [1.82, 2.24) is 5.32 Å². The van der Waals surface area contributed by atoms with Crippen LogP contribution in [-0.2, 0) is 4.79 Å². The summed E-state index contributed by atoms with van der Waals surface area (Å²) in [7, 11) is 0. The summed E-state index contributed by atoms with van der Waals surface area (Å²) >= 11 is 0. The lowest BCUT2D eigenvalue weighted by molar-refractivity contribution is -0.124. The summed E-state index contributed by atoms with van der Waals surface area (Å²) in [6.07, 6.45) is 0.862. The molecule has 0 spiro atoms. The molecular weight excluding hydrogens is 212 g/mol. The number of carbonyl (C=O) groups is 1. The van der Waals surface area contributed by atoms with Crippen LogP contribution in [0.3, 0.4) is 0 Å². The van der Waals surface area contributed by atoms with E-state index >= 15 is 0 Å². The fourth-order valence-corrected chi connectivity index (χ4v) is 1.68. The van der Waals surface area contributed by atoms with Gasteiger partial charge in [-0.05, 0) is 17.9 Å². The van der Waals surface area contributed by atoms with E-state index in [1.165, 1.54) is 0 Å². The Bertz CT molecular complexity index is 348. The molecule has 0 aliphatic carbocycles. The maximum atomic E-state index is 11.9. The predicted octanol–water partition coefficient (Wildman–Crippen LogP) is 2.24. The van der Waals surface area contributed by atoms with Crippen LogP contribution in [0, 0.1) is 5.92 Å². The van der Waals surface area contributed by atoms with Gasteiger partial charge in [-0.3, -0.25) is 4.79 Å². The average Bonchev–Trinajstić information content (AvgIpc) is 2.35. The number of benzene rings is 1. The minimum absolute atomic E-state index is 0.0495. The largest absolute Gasteiger partial charge is 0.348 e. The van der Waals surface area contributed by atoms with Gasteiger partial charge >= 0.3 is 0 Å². The Labute approximate surface area is 103 Å². The molecule has 0 saturated heterocycles. The second-order valence-electron chi connectivity index (χ2n) is 4.65. The Morgan fingerprint density at radius 2 is 1.88 bits per heavy atom. The third-order valence-electron chi connectivity index (χ3n) is 2.95. The number of hydrogen-bond donors (Lipinski definition) is 2. The van der Waals surface area contributed by atoms with Crippen molar-refractivity contribution in [2.75, 3.05) is 0 Å². The normalized spacial score (nSPS) is 14.4. The minimum atomic E-state index is -0.437. The summed E-state index contributed by atoms with van der Waals surface area (Å²) < 4.78 is 0. The second kappa shape index (κ2) is 6.40. The Hall–Kier alpha value is -1.35. The monoisotopic (exact) mass is 234 g/mol. The summed E-state index contributed by atoms with van der Waals surface area (Å²) in [6, 6.07) is 9.59. The predicted molar refractivity (Wildman–Crippen MR) is 70.4 cm³/mol. The number of amides is 1. The molecule has 1 aromatic rings. The van der Waals surface area contributed by atoms with E-state index in [1.54, 1.807) is 0 Å². The molecule has 0 fully saturated rings. The highest BCUT2D eigenvalue weighted by Gasteiger charge is 2.20. The third-order valence-corrected chi connectivity index (χ3v) is 2.95. The maximum Gasteiger partial charge on any atom is 0.237 e. The molecule has 0 bridgehead atoms. The summed E-state index contributed by atoms with van der Waals surface area (Å²) in [5, 5.41) is 3.00. The van der Waals surface area contributed by atoms with Crippen LogP contribution in [0.4, 0.5) is 0 Å². The van der Waals surface area contributed by atoms with E-state index in [-0.39, 0.29) is 17.9 Å². The van der Waals surface area contributed by atoms with Crippen LogP contribution in [0.5, 0.6) is 0 Å². The van der Waals surface area contributed by atoms with Gasteiger partial charge in [-0.15, -0.1) is 0 Å². The Balaban J connectivity index is 2.68. The number of carbonyl (C=O) groups excluding carboxylic acids is 1. The van der Waals surface area contributed by atoms with Gasteiger partial charge in [0.15, 0.2) is 0 Å². The van der Waals surface area contributed by atoms with Gasteiger partial charge in [0.25, 0.3) is 0 Å². The number of rotatable bonds is 5. The SMILES string of the molecule is CC[C@H](NC(=O)[C@H](N)C(C)C)c1ccccc1. The lowest BCUT2D eigenvalue weighted by atomic mass is 10.0. The minimum Gasteiger partial charge on any atom is -0.348 e. The molecule has 1 aromatic carbocycles. The molecule has 3 N–H and O–H groups in total. The molecule has 3 heteroatoms. The van der Waals surface area contributed by atoms with E-state index in [2.05, 4.69) is 12.2 Å². The molecule has 2 atom stereocenters. The molecule has 0 radical (unpaired) electrons. The highest BCUT2D eigenvalue weighted by atomic mass is 16.2. The van der Waals surface area contributed by atoms with Crippen molar-refractivity contribution in [3.05, 3.63) is 35.9 Å². The zero-order valence-corrected chi connectivity index (χ0v) is 10.8. The van der Waals surface area contributed by atoms with Crippen LogP contribution in [0.2, 0.25) is 0 Å². The zero-order chi connectivity index (χ0) is 12.8. The standard InChI is InChI=1S/C14H22N2O/c1-4-12(11-8-6-5-7-9-11)16-14(17)13(15)10(2)3/h5-10,12-13H,4,15H2,1-3H3,(H,16,17)/t12-,13+/m0/s1. The van der Waals surface area contributed by atoms with Crippen molar-refractivity contribution in [3.8, 4) is 0 Å². The summed E-state index contributed by atoms with van der Waals surface area (Å²) in [5.74, 6) is 0.0824. The van der Waals surface area contributed by atoms with Crippen LogP contribution in [-0.4, -0.2) is 11.9 Å². The molecule has 94 valence electrons. The fourth-order valence-electron chi connectivity index (χ4n) is 1.68. The highest BCUT2D eigenvalue weighted by molar-refractivity contribution is 5.82. The molecule has 0 unspecified atom stereocenters. The lowest BCUT2D eigenvalue weighted by Crippen LogP contribution is -2.45. The van der Waals surface area contributed by atoms with Gasteiger partial charge in [-0.1, -0.05) is 51.1 Å². The van der Waals surface area contributed by atoms with Crippen molar-refractivity contribution >= 4 is 5.91 Å². The van der Waals surface area contributed by atoms with Gasteiger partial charge in [0.1, 0.15) is 0 Å². The summed E-state index contributed by atoms with van der Waals surface area (Å²) in [6.45, 7) is 5.96. The molecule has 0 aliphatic rings. The smallest absolute Gasteiger partial charge is 0.237 e. The van der Waals surface area contributed by atoms with Gasteiger partial charge < -0.3 is 11.1 Å². The van der Waals surface area contributed by atoms with E-state index in [0.717, 1.165) is 12.0 Å². The Kier molecular flexibility index (Phi) is 5.16. The molecule has 0 aliphatic heterocycles. The summed E-state index contributed by atoms with van der Waals surface area (Å²) in [5.41, 5.74) is 6.95. The number of nitrogens with one attached hydrogen (secondary N) is 1. The van der Waals surface area contributed by atoms with Crippen molar-refractivity contribution in [1.29, 1.82) is 0 Å². The first-order chi connectivity index (χ1) is 8.06. The summed E-state index contributed by atoms with van der Waals surface area (Å²) in [4.78, 5) is 11.9. The van der Waals surface area contributed by atoms with Crippen molar-refractivity contribution in [2.45, 2.75) is 39.3 Å². The number of hydrogen-bond acceptors (Lipinski definition) is 2. The van der Waals surface area contributed by atoms with Crippen LogP contribution in [0.1, 0.15) is 38.8 Å². The second-order valence-corrected chi connectivity index (χ2v) is 4.65. The molecule has 1 amide bonds. The van der Waals surface area contributed by atoms with Gasteiger partial charge in [0.05, 0.1) is 12.1 Å². The molecule has 1 rings (SSSR count). The van der Waals surface area contributed by atoms with Crippen LogP contribution in [0.25, 0.3) is 0 Å².